The van der Waals surface area contributed by atoms with Gasteiger partial charge in [0.05, 0.1) is 9.95 Å². The molecule has 0 radical (unpaired) electrons. The summed E-state index contributed by atoms with van der Waals surface area (Å²) in [7, 11) is -4.30. The highest BCUT2D eigenvalue weighted by Gasteiger charge is 2.27. The zero-order chi connectivity index (χ0) is 16.2. The maximum absolute atomic E-state index is 12.0. The summed E-state index contributed by atoms with van der Waals surface area (Å²) in [6, 6.07) is 1.15. The third-order valence-corrected chi connectivity index (χ3v) is 4.38. The van der Waals surface area contributed by atoms with E-state index >= 15 is 0 Å². The lowest BCUT2D eigenvalue weighted by molar-refractivity contribution is -0.384. The lowest BCUT2D eigenvalue weighted by atomic mass is 10.2. The van der Waals surface area contributed by atoms with E-state index < -0.39 is 49.2 Å². The second-order valence-corrected chi connectivity index (χ2v) is 5.99. The van der Waals surface area contributed by atoms with Crippen LogP contribution < -0.4 is 4.72 Å². The second-order valence-electron chi connectivity index (χ2n) is 3.90. The first-order valence-electron chi connectivity index (χ1n) is 5.49. The normalized spacial score (nSPS) is 12.9. The topological polar surface area (TPSA) is 147 Å². The average Bonchev–Trinajstić information content (AvgIpc) is 2.37. The molecular formula is C10H11ClN2O7S. The van der Waals surface area contributed by atoms with Crippen LogP contribution in [0.3, 0.4) is 0 Å². The number of aliphatic hydroxyl groups excluding tert-OH is 1. The predicted octanol–water partition coefficient (Wildman–Crippen LogP) is 0.362. The Morgan fingerprint density at radius 1 is 1.48 bits per heavy atom. The molecular weight excluding hydrogens is 328 g/mol. The van der Waals surface area contributed by atoms with Crippen molar-refractivity contribution >= 4 is 33.3 Å². The van der Waals surface area contributed by atoms with Crippen LogP contribution in [0.15, 0.2) is 23.1 Å². The molecule has 0 aliphatic heterocycles. The van der Waals surface area contributed by atoms with E-state index in [0.29, 0.717) is 0 Å². The maximum atomic E-state index is 12.0. The van der Waals surface area contributed by atoms with Crippen molar-refractivity contribution in [3.8, 4) is 0 Å². The van der Waals surface area contributed by atoms with Crippen LogP contribution in [-0.4, -0.2) is 42.2 Å². The van der Waals surface area contributed by atoms with Crippen LogP contribution in [-0.2, 0) is 14.8 Å². The van der Waals surface area contributed by atoms with Gasteiger partial charge >= 0.3 is 5.97 Å². The summed E-state index contributed by atoms with van der Waals surface area (Å²) in [6.07, 6.45) is -0.334. The van der Waals surface area contributed by atoms with Crippen LogP contribution in [0.2, 0.25) is 5.02 Å². The summed E-state index contributed by atoms with van der Waals surface area (Å²) in [5.41, 5.74) is -0.399. The van der Waals surface area contributed by atoms with Crippen molar-refractivity contribution < 1.29 is 28.3 Å². The van der Waals surface area contributed by atoms with Gasteiger partial charge in [0, 0.05) is 18.7 Å². The van der Waals surface area contributed by atoms with E-state index in [1.54, 1.807) is 0 Å². The molecule has 1 aromatic carbocycles. The van der Waals surface area contributed by atoms with Gasteiger partial charge in [-0.3, -0.25) is 14.9 Å². The Labute approximate surface area is 124 Å². The summed E-state index contributed by atoms with van der Waals surface area (Å²) in [5, 5.41) is 27.7. The van der Waals surface area contributed by atoms with E-state index in [-0.39, 0.29) is 6.42 Å². The molecule has 21 heavy (non-hydrogen) atoms. The Morgan fingerprint density at radius 3 is 2.52 bits per heavy atom. The van der Waals surface area contributed by atoms with Crippen LogP contribution >= 0.6 is 11.6 Å². The fraction of sp³-hybridized carbons (Fsp3) is 0.300. The number of rotatable bonds is 7. The Kier molecular flexibility index (Phi) is 5.61. The van der Waals surface area contributed by atoms with E-state index in [2.05, 4.69) is 0 Å². The van der Waals surface area contributed by atoms with Crippen LogP contribution in [0.4, 0.5) is 5.69 Å². The van der Waals surface area contributed by atoms with Gasteiger partial charge in [0.2, 0.25) is 10.0 Å². The number of carbonyl (C=O) groups is 1. The largest absolute Gasteiger partial charge is 0.480 e. The molecule has 1 aromatic rings. The van der Waals surface area contributed by atoms with Gasteiger partial charge in [0.15, 0.2) is 0 Å². The maximum Gasteiger partial charge on any atom is 0.321 e. The number of nitro benzene ring substituents is 1. The smallest absolute Gasteiger partial charge is 0.321 e. The van der Waals surface area contributed by atoms with Gasteiger partial charge in [-0.1, -0.05) is 11.6 Å². The number of carboxylic acids is 1. The van der Waals surface area contributed by atoms with Crippen molar-refractivity contribution in [1.82, 2.24) is 4.72 Å². The van der Waals surface area contributed by atoms with Gasteiger partial charge in [-0.25, -0.2) is 8.42 Å². The Bertz CT molecular complexity index is 661. The predicted molar refractivity (Wildman–Crippen MR) is 71.6 cm³/mol. The molecule has 0 aliphatic carbocycles. The molecule has 0 amide bonds. The van der Waals surface area contributed by atoms with Gasteiger partial charge in [0.1, 0.15) is 10.9 Å². The number of aliphatic carboxylic acids is 1. The van der Waals surface area contributed by atoms with Crippen LogP contribution in [0.25, 0.3) is 0 Å². The minimum Gasteiger partial charge on any atom is -0.480 e. The number of halogens is 1. The summed E-state index contributed by atoms with van der Waals surface area (Å²) in [6.45, 7) is -0.534. The monoisotopic (exact) mass is 338 g/mol. The highest BCUT2D eigenvalue weighted by atomic mass is 35.5. The summed E-state index contributed by atoms with van der Waals surface area (Å²) >= 11 is 5.68. The van der Waals surface area contributed by atoms with E-state index in [9.17, 15) is 23.3 Å². The molecule has 9 nitrogen and oxygen atoms in total. The lowest BCUT2D eigenvalue weighted by Gasteiger charge is -2.14. The number of sulfonamides is 1. The molecule has 0 bridgehead atoms. The number of nitrogens with zero attached hydrogens (tertiary/aromatic N) is 1. The molecule has 0 saturated carbocycles. The number of hydrogen-bond acceptors (Lipinski definition) is 6. The van der Waals surface area contributed by atoms with Crippen LogP contribution in [0.5, 0.6) is 0 Å². The van der Waals surface area contributed by atoms with Crippen molar-refractivity contribution in [2.45, 2.75) is 17.4 Å². The van der Waals surface area contributed by atoms with Gasteiger partial charge in [-0.05, 0) is 12.5 Å². The molecule has 1 atom stereocenters. The number of nitro groups is 1. The molecule has 0 unspecified atom stereocenters. The molecule has 0 heterocycles. The quantitative estimate of drug-likeness (QED) is 0.480. The first kappa shape index (κ1) is 17.3. The van der Waals surface area contributed by atoms with Gasteiger partial charge in [0.25, 0.3) is 5.69 Å². The fourth-order valence-electron chi connectivity index (χ4n) is 1.43. The molecule has 11 heteroatoms. The number of benzene rings is 1. The Hall–Kier alpha value is -1.75. The third kappa shape index (κ3) is 4.36. The summed E-state index contributed by atoms with van der Waals surface area (Å²) < 4.78 is 25.9. The minimum absolute atomic E-state index is 0.334. The van der Waals surface area contributed by atoms with Crippen LogP contribution in [0.1, 0.15) is 6.42 Å². The molecule has 116 valence electrons. The van der Waals surface area contributed by atoms with Crippen LogP contribution in [0, 0.1) is 10.1 Å². The zero-order valence-electron chi connectivity index (χ0n) is 10.4. The van der Waals surface area contributed by atoms with Crippen molar-refractivity contribution in [3.05, 3.63) is 33.3 Å². The van der Waals surface area contributed by atoms with E-state index in [0.717, 1.165) is 18.2 Å². The highest BCUT2D eigenvalue weighted by Crippen LogP contribution is 2.26. The molecule has 0 aromatic heterocycles. The SMILES string of the molecule is O=C(O)[C@H](CCO)NS(=O)(=O)c1ccc([N+](=O)[O-])cc1Cl. The molecule has 0 spiro atoms. The number of hydrogen-bond donors (Lipinski definition) is 3. The van der Waals surface area contributed by atoms with Crippen molar-refractivity contribution in [3.63, 3.8) is 0 Å². The molecule has 1 rings (SSSR count). The van der Waals surface area contributed by atoms with E-state index in [1.165, 1.54) is 0 Å². The summed E-state index contributed by atoms with van der Waals surface area (Å²) in [5.74, 6) is -1.47. The zero-order valence-corrected chi connectivity index (χ0v) is 12.0. The third-order valence-electron chi connectivity index (χ3n) is 2.43. The highest BCUT2D eigenvalue weighted by molar-refractivity contribution is 7.89. The number of carboxylic acid groups (broad SMARTS) is 1. The first-order valence-corrected chi connectivity index (χ1v) is 7.35. The molecule has 0 fully saturated rings. The summed E-state index contributed by atoms with van der Waals surface area (Å²) in [4.78, 5) is 20.2. The van der Waals surface area contributed by atoms with Gasteiger partial charge < -0.3 is 10.2 Å². The number of aliphatic hydroxyl groups is 1. The van der Waals surface area contributed by atoms with Crippen molar-refractivity contribution in [1.29, 1.82) is 0 Å². The number of nitrogens with one attached hydrogen (secondary N) is 1. The Morgan fingerprint density at radius 2 is 2.10 bits per heavy atom. The second kappa shape index (κ2) is 6.80. The van der Waals surface area contributed by atoms with Gasteiger partial charge in [-0.15, -0.1) is 0 Å². The van der Waals surface area contributed by atoms with Crippen molar-refractivity contribution in [2.75, 3.05) is 6.61 Å². The van der Waals surface area contributed by atoms with E-state index in [4.69, 9.17) is 21.8 Å². The molecule has 0 aliphatic rings. The molecule has 3 N–H and O–H groups in total. The first-order chi connectivity index (χ1) is 9.69. The lowest BCUT2D eigenvalue weighted by Crippen LogP contribution is -2.41. The van der Waals surface area contributed by atoms with Gasteiger partial charge in [-0.2, -0.15) is 4.72 Å². The van der Waals surface area contributed by atoms with Crippen molar-refractivity contribution in [2.24, 2.45) is 0 Å². The van der Waals surface area contributed by atoms with E-state index in [1.807, 2.05) is 4.72 Å². The minimum atomic E-state index is -4.30. The fourth-order valence-corrected chi connectivity index (χ4v) is 3.20. The molecule has 0 saturated heterocycles. The average molecular weight is 339 g/mol. The Balaban J connectivity index is 3.13. The number of non-ortho nitro benzene ring substituents is 1. The standard InChI is InChI=1S/C10H11ClN2O7S/c11-7-5-6(13(17)18)1-2-9(7)21(19,20)12-8(3-4-14)10(15)16/h1-2,5,8,12,14H,3-4H2,(H,15,16)/t8-/m0/s1.